The van der Waals surface area contributed by atoms with Crippen molar-refractivity contribution in [1.82, 2.24) is 10.9 Å². The van der Waals surface area contributed by atoms with Gasteiger partial charge in [0.1, 0.15) is 0 Å². The molecule has 14 heavy (non-hydrogen) atoms. The summed E-state index contributed by atoms with van der Waals surface area (Å²) < 4.78 is 0. The van der Waals surface area contributed by atoms with Crippen molar-refractivity contribution in [1.29, 1.82) is 0 Å². The molecule has 0 saturated heterocycles. The summed E-state index contributed by atoms with van der Waals surface area (Å²) in [6.45, 7) is 4.04. The van der Waals surface area contributed by atoms with Crippen molar-refractivity contribution in [2.45, 2.75) is 20.3 Å². The Kier molecular flexibility index (Phi) is 3.65. The summed E-state index contributed by atoms with van der Waals surface area (Å²) in [4.78, 5) is 11.3. The molecule has 0 bridgehead atoms. The lowest BCUT2D eigenvalue weighted by molar-refractivity contribution is -0.121. The third-order valence-electron chi connectivity index (χ3n) is 2.12. The van der Waals surface area contributed by atoms with Gasteiger partial charge in [0, 0.05) is 7.05 Å². The lowest BCUT2D eigenvalue weighted by atomic mass is 10.0. The SMILES string of the molecule is CNNC(=O)Cc1cc(C)ccc1C. The van der Waals surface area contributed by atoms with Crippen LogP contribution in [-0.2, 0) is 11.2 Å². The van der Waals surface area contributed by atoms with Crippen LogP contribution in [0.3, 0.4) is 0 Å². The minimum absolute atomic E-state index is 0.0128. The molecule has 0 aliphatic rings. The maximum Gasteiger partial charge on any atom is 0.238 e. The Morgan fingerprint density at radius 2 is 2.07 bits per heavy atom. The molecule has 0 aliphatic heterocycles. The number of rotatable bonds is 3. The van der Waals surface area contributed by atoms with E-state index in [4.69, 9.17) is 0 Å². The van der Waals surface area contributed by atoms with E-state index < -0.39 is 0 Å². The zero-order chi connectivity index (χ0) is 10.6. The maximum atomic E-state index is 11.3. The van der Waals surface area contributed by atoms with E-state index in [2.05, 4.69) is 16.9 Å². The van der Waals surface area contributed by atoms with Crippen LogP contribution < -0.4 is 10.9 Å². The number of nitrogens with one attached hydrogen (secondary N) is 2. The summed E-state index contributed by atoms with van der Waals surface area (Å²) in [5.41, 5.74) is 8.59. The molecule has 1 amide bonds. The molecule has 1 rings (SSSR count). The second kappa shape index (κ2) is 4.77. The Morgan fingerprint density at radius 1 is 1.36 bits per heavy atom. The number of hydrogen-bond donors (Lipinski definition) is 2. The molecule has 0 unspecified atom stereocenters. The van der Waals surface area contributed by atoms with Crippen molar-refractivity contribution < 1.29 is 4.79 Å². The fraction of sp³-hybridized carbons (Fsp3) is 0.364. The average molecular weight is 192 g/mol. The Balaban J connectivity index is 2.75. The predicted octanol–water partition coefficient (Wildman–Crippen LogP) is 1.10. The zero-order valence-electron chi connectivity index (χ0n) is 8.85. The second-order valence-corrected chi connectivity index (χ2v) is 3.40. The number of carbonyl (C=O) groups excluding carboxylic acids is 1. The molecule has 1 aromatic carbocycles. The Hall–Kier alpha value is -1.35. The van der Waals surface area contributed by atoms with Gasteiger partial charge >= 0.3 is 0 Å². The monoisotopic (exact) mass is 192 g/mol. The molecule has 0 radical (unpaired) electrons. The maximum absolute atomic E-state index is 11.3. The summed E-state index contributed by atoms with van der Waals surface area (Å²) in [6.07, 6.45) is 0.425. The van der Waals surface area contributed by atoms with Crippen LogP contribution in [-0.4, -0.2) is 13.0 Å². The van der Waals surface area contributed by atoms with Crippen molar-refractivity contribution in [2.24, 2.45) is 0 Å². The zero-order valence-corrected chi connectivity index (χ0v) is 8.85. The molecule has 3 nitrogen and oxygen atoms in total. The third kappa shape index (κ3) is 2.85. The van der Waals surface area contributed by atoms with E-state index in [1.807, 2.05) is 26.0 Å². The minimum atomic E-state index is -0.0128. The molecule has 76 valence electrons. The van der Waals surface area contributed by atoms with Crippen LogP contribution in [0.1, 0.15) is 16.7 Å². The molecular weight excluding hydrogens is 176 g/mol. The lowest BCUT2D eigenvalue weighted by Gasteiger charge is -2.07. The quantitative estimate of drug-likeness (QED) is 0.704. The highest BCUT2D eigenvalue weighted by atomic mass is 16.2. The number of benzene rings is 1. The highest BCUT2D eigenvalue weighted by Gasteiger charge is 2.04. The average Bonchev–Trinajstić information content (AvgIpc) is 2.12. The van der Waals surface area contributed by atoms with Crippen molar-refractivity contribution in [2.75, 3.05) is 7.05 Å². The first-order valence-corrected chi connectivity index (χ1v) is 4.65. The van der Waals surface area contributed by atoms with Crippen molar-refractivity contribution in [3.8, 4) is 0 Å². The molecule has 2 N–H and O–H groups in total. The highest BCUT2D eigenvalue weighted by Crippen LogP contribution is 2.10. The number of hydrogen-bond acceptors (Lipinski definition) is 2. The molecule has 3 heteroatoms. The Labute approximate surface area is 84.5 Å². The lowest BCUT2D eigenvalue weighted by Crippen LogP contribution is -2.35. The molecule has 0 fully saturated rings. The molecule has 0 atom stereocenters. The van der Waals surface area contributed by atoms with E-state index in [1.54, 1.807) is 7.05 Å². The summed E-state index contributed by atoms with van der Waals surface area (Å²) in [6, 6.07) is 6.14. The Morgan fingerprint density at radius 3 is 2.71 bits per heavy atom. The number of amides is 1. The highest BCUT2D eigenvalue weighted by molar-refractivity contribution is 5.78. The van der Waals surface area contributed by atoms with Gasteiger partial charge in [0.2, 0.25) is 5.91 Å². The van der Waals surface area contributed by atoms with Crippen LogP contribution in [0, 0.1) is 13.8 Å². The predicted molar refractivity (Wildman–Crippen MR) is 56.8 cm³/mol. The van der Waals surface area contributed by atoms with Crippen molar-refractivity contribution in [3.05, 3.63) is 34.9 Å². The van der Waals surface area contributed by atoms with Crippen LogP contribution >= 0.6 is 0 Å². The molecule has 0 aliphatic carbocycles. The first-order valence-electron chi connectivity index (χ1n) is 4.65. The van der Waals surface area contributed by atoms with Gasteiger partial charge in [0.15, 0.2) is 0 Å². The van der Waals surface area contributed by atoms with Gasteiger partial charge < -0.3 is 0 Å². The van der Waals surface area contributed by atoms with E-state index in [9.17, 15) is 4.79 Å². The van der Waals surface area contributed by atoms with Gasteiger partial charge in [-0.1, -0.05) is 23.8 Å². The van der Waals surface area contributed by atoms with Gasteiger partial charge in [-0.2, -0.15) is 0 Å². The van der Waals surface area contributed by atoms with E-state index in [0.717, 1.165) is 11.1 Å². The van der Waals surface area contributed by atoms with Crippen molar-refractivity contribution >= 4 is 5.91 Å². The van der Waals surface area contributed by atoms with Crippen LogP contribution in [0.25, 0.3) is 0 Å². The summed E-state index contributed by atoms with van der Waals surface area (Å²) in [5.74, 6) is -0.0128. The number of hydrazine groups is 1. The third-order valence-corrected chi connectivity index (χ3v) is 2.12. The normalized spacial score (nSPS) is 9.93. The van der Waals surface area contributed by atoms with E-state index in [1.165, 1.54) is 5.56 Å². The largest absolute Gasteiger partial charge is 0.292 e. The van der Waals surface area contributed by atoms with Crippen LogP contribution in [0.2, 0.25) is 0 Å². The summed E-state index contributed by atoms with van der Waals surface area (Å²) in [5, 5.41) is 0. The van der Waals surface area contributed by atoms with E-state index in [0.29, 0.717) is 6.42 Å². The second-order valence-electron chi connectivity index (χ2n) is 3.40. The van der Waals surface area contributed by atoms with Crippen molar-refractivity contribution in [3.63, 3.8) is 0 Å². The van der Waals surface area contributed by atoms with Gasteiger partial charge in [-0.15, -0.1) is 0 Å². The fourth-order valence-electron chi connectivity index (χ4n) is 1.35. The fourth-order valence-corrected chi connectivity index (χ4v) is 1.35. The molecule has 0 spiro atoms. The van der Waals surface area contributed by atoms with E-state index >= 15 is 0 Å². The Bertz CT molecular complexity index is 334. The number of aryl methyl sites for hydroxylation is 2. The molecule has 0 heterocycles. The molecular formula is C11H16N2O. The topological polar surface area (TPSA) is 41.1 Å². The molecule has 0 aromatic heterocycles. The molecule has 1 aromatic rings. The van der Waals surface area contributed by atoms with Crippen LogP contribution in [0.15, 0.2) is 18.2 Å². The first-order chi connectivity index (χ1) is 6.63. The van der Waals surface area contributed by atoms with Crippen LogP contribution in [0.4, 0.5) is 0 Å². The smallest absolute Gasteiger partial charge is 0.238 e. The standard InChI is InChI=1S/C11H16N2O/c1-8-4-5-9(2)10(6-8)7-11(14)13-12-3/h4-6,12H,7H2,1-3H3,(H,13,14). The van der Waals surface area contributed by atoms with Gasteiger partial charge in [-0.05, 0) is 25.0 Å². The summed E-state index contributed by atoms with van der Waals surface area (Å²) >= 11 is 0. The van der Waals surface area contributed by atoms with E-state index in [-0.39, 0.29) is 5.91 Å². The van der Waals surface area contributed by atoms with Gasteiger partial charge in [0.25, 0.3) is 0 Å². The van der Waals surface area contributed by atoms with Gasteiger partial charge in [-0.25, -0.2) is 5.43 Å². The first kappa shape index (κ1) is 10.7. The van der Waals surface area contributed by atoms with Gasteiger partial charge in [0.05, 0.1) is 6.42 Å². The van der Waals surface area contributed by atoms with Gasteiger partial charge in [-0.3, -0.25) is 10.2 Å². The van der Waals surface area contributed by atoms with Crippen LogP contribution in [0.5, 0.6) is 0 Å². The summed E-state index contributed by atoms with van der Waals surface area (Å²) in [7, 11) is 1.68. The molecule has 0 saturated carbocycles. The minimum Gasteiger partial charge on any atom is -0.292 e. The number of carbonyl (C=O) groups is 1.